The molecule has 0 spiro atoms. The fraction of sp³-hybridized carbons (Fsp3) is 0.348. The number of carbonyl (C=O) groups excluding carboxylic acids is 1. The lowest BCUT2D eigenvalue weighted by Gasteiger charge is -2.34. The second-order valence-electron chi connectivity index (χ2n) is 8.11. The minimum absolute atomic E-state index is 0.176. The molecule has 10 heteroatoms. The van der Waals surface area contributed by atoms with Crippen LogP contribution in [0.25, 0.3) is 11.4 Å². The number of hydrogen-bond donors (Lipinski definition) is 0. The first-order chi connectivity index (χ1) is 15.8. The molecule has 0 aliphatic carbocycles. The molecule has 0 saturated carbocycles. The molecule has 1 aliphatic rings. The number of sulfonamides is 1. The van der Waals surface area contributed by atoms with Crippen molar-refractivity contribution in [3.8, 4) is 11.4 Å². The fourth-order valence-electron chi connectivity index (χ4n) is 3.63. The lowest BCUT2D eigenvalue weighted by molar-refractivity contribution is -0.133. The lowest BCUT2D eigenvalue weighted by Crippen LogP contribution is -2.51. The van der Waals surface area contributed by atoms with E-state index >= 15 is 0 Å². The van der Waals surface area contributed by atoms with E-state index in [4.69, 9.17) is 4.52 Å². The van der Waals surface area contributed by atoms with Crippen LogP contribution in [0.3, 0.4) is 0 Å². The summed E-state index contributed by atoms with van der Waals surface area (Å²) in [5.74, 6) is 0.872. The van der Waals surface area contributed by atoms with Crippen LogP contribution in [-0.2, 0) is 21.4 Å². The first kappa shape index (κ1) is 23.1. The van der Waals surface area contributed by atoms with Gasteiger partial charge in [-0.1, -0.05) is 53.2 Å². The van der Waals surface area contributed by atoms with Gasteiger partial charge in [0.1, 0.15) is 0 Å². The Morgan fingerprint density at radius 3 is 2.36 bits per heavy atom. The Bertz CT molecular complexity index is 1190. The standard InChI is InChI=1S/C23H27N5O4S/c1-18-8-10-19(11-9-18)23-24-21(32-25-23)16-27-12-14-28(15-13-27)22(29)17-26(2)33(30,31)20-6-4-3-5-7-20/h3-11H,12-17H2,1-2H3. The fourth-order valence-corrected chi connectivity index (χ4v) is 4.77. The molecule has 174 valence electrons. The van der Waals surface area contributed by atoms with Gasteiger partial charge in [-0.15, -0.1) is 0 Å². The van der Waals surface area contributed by atoms with Crippen molar-refractivity contribution in [1.29, 1.82) is 0 Å². The number of likely N-dealkylation sites (N-methyl/N-ethyl adjacent to an activating group) is 1. The molecule has 4 rings (SSSR count). The number of carbonyl (C=O) groups is 1. The van der Waals surface area contributed by atoms with E-state index in [9.17, 15) is 13.2 Å². The Kier molecular flexibility index (Phi) is 6.87. The number of nitrogens with zero attached hydrogens (tertiary/aromatic N) is 5. The van der Waals surface area contributed by atoms with Gasteiger partial charge in [0, 0.05) is 38.8 Å². The number of benzene rings is 2. The number of rotatable bonds is 7. The van der Waals surface area contributed by atoms with E-state index in [2.05, 4.69) is 15.0 Å². The van der Waals surface area contributed by atoms with Crippen LogP contribution in [0, 0.1) is 6.92 Å². The van der Waals surface area contributed by atoms with Crippen LogP contribution in [0.5, 0.6) is 0 Å². The molecule has 0 radical (unpaired) electrons. The first-order valence-electron chi connectivity index (χ1n) is 10.7. The lowest BCUT2D eigenvalue weighted by atomic mass is 10.1. The van der Waals surface area contributed by atoms with Crippen LogP contribution < -0.4 is 0 Å². The van der Waals surface area contributed by atoms with Gasteiger partial charge < -0.3 is 9.42 Å². The van der Waals surface area contributed by atoms with Crippen molar-refractivity contribution >= 4 is 15.9 Å². The van der Waals surface area contributed by atoms with E-state index in [0.29, 0.717) is 44.4 Å². The Morgan fingerprint density at radius 2 is 1.70 bits per heavy atom. The van der Waals surface area contributed by atoms with Crippen molar-refractivity contribution in [2.75, 3.05) is 39.8 Å². The number of hydrogen-bond acceptors (Lipinski definition) is 7. The summed E-state index contributed by atoms with van der Waals surface area (Å²) in [6.45, 7) is 4.64. The van der Waals surface area contributed by atoms with E-state index in [-0.39, 0.29) is 17.3 Å². The maximum atomic E-state index is 12.7. The molecular formula is C23H27N5O4S. The summed E-state index contributed by atoms with van der Waals surface area (Å²) in [5.41, 5.74) is 2.07. The Labute approximate surface area is 193 Å². The minimum atomic E-state index is -3.70. The minimum Gasteiger partial charge on any atom is -0.339 e. The van der Waals surface area contributed by atoms with Gasteiger partial charge in [-0.25, -0.2) is 8.42 Å². The largest absolute Gasteiger partial charge is 0.339 e. The Hall–Kier alpha value is -3.08. The highest BCUT2D eigenvalue weighted by Gasteiger charge is 2.27. The van der Waals surface area contributed by atoms with E-state index in [1.807, 2.05) is 31.2 Å². The molecule has 0 atom stereocenters. The average Bonchev–Trinajstić information content (AvgIpc) is 3.29. The van der Waals surface area contributed by atoms with Crippen LogP contribution in [-0.4, -0.2) is 78.3 Å². The molecule has 3 aromatic rings. The van der Waals surface area contributed by atoms with Crippen molar-refractivity contribution in [2.45, 2.75) is 18.4 Å². The third-order valence-electron chi connectivity index (χ3n) is 5.67. The SMILES string of the molecule is Cc1ccc(-c2noc(CN3CCN(C(=O)CN(C)S(=O)(=O)c4ccccc4)CC3)n2)cc1. The zero-order valence-corrected chi connectivity index (χ0v) is 19.5. The second-order valence-corrected chi connectivity index (χ2v) is 10.2. The van der Waals surface area contributed by atoms with Crippen LogP contribution in [0.15, 0.2) is 64.0 Å². The maximum Gasteiger partial charge on any atom is 0.243 e. The van der Waals surface area contributed by atoms with Crippen LogP contribution in [0.4, 0.5) is 0 Å². The van der Waals surface area contributed by atoms with Gasteiger partial charge in [0.25, 0.3) is 0 Å². The zero-order valence-electron chi connectivity index (χ0n) is 18.7. The van der Waals surface area contributed by atoms with Crippen molar-refractivity contribution in [3.05, 3.63) is 66.1 Å². The monoisotopic (exact) mass is 469 g/mol. The molecule has 1 aliphatic heterocycles. The zero-order chi connectivity index (χ0) is 23.4. The van der Waals surface area contributed by atoms with Crippen LogP contribution >= 0.6 is 0 Å². The second kappa shape index (κ2) is 9.82. The van der Waals surface area contributed by atoms with Gasteiger partial charge in [-0.05, 0) is 19.1 Å². The van der Waals surface area contributed by atoms with Gasteiger partial charge in [-0.2, -0.15) is 9.29 Å². The van der Waals surface area contributed by atoms with Gasteiger partial charge in [0.2, 0.25) is 27.6 Å². The predicted octanol–water partition coefficient (Wildman–Crippen LogP) is 2.01. The molecular weight excluding hydrogens is 442 g/mol. The van der Waals surface area contributed by atoms with Gasteiger partial charge in [-0.3, -0.25) is 9.69 Å². The van der Waals surface area contributed by atoms with Crippen molar-refractivity contribution in [1.82, 2.24) is 24.2 Å². The van der Waals surface area contributed by atoms with E-state index in [0.717, 1.165) is 9.87 Å². The molecule has 0 unspecified atom stereocenters. The molecule has 1 aromatic heterocycles. The maximum absolute atomic E-state index is 12.7. The van der Waals surface area contributed by atoms with E-state index in [1.165, 1.54) is 24.7 Å². The number of aromatic nitrogens is 2. The molecule has 2 heterocycles. The molecule has 0 bridgehead atoms. The molecule has 0 N–H and O–H groups in total. The summed E-state index contributed by atoms with van der Waals surface area (Å²) in [5, 5.41) is 4.07. The summed E-state index contributed by atoms with van der Waals surface area (Å²) < 4.78 is 31.8. The molecule has 1 saturated heterocycles. The third-order valence-corrected chi connectivity index (χ3v) is 7.49. The Morgan fingerprint density at radius 1 is 1.03 bits per heavy atom. The van der Waals surface area contributed by atoms with Crippen molar-refractivity contribution < 1.29 is 17.7 Å². The number of aryl methyl sites for hydroxylation is 1. The molecule has 1 fully saturated rings. The highest BCUT2D eigenvalue weighted by atomic mass is 32.2. The van der Waals surface area contributed by atoms with Crippen LogP contribution in [0.2, 0.25) is 0 Å². The van der Waals surface area contributed by atoms with Gasteiger partial charge in [0.15, 0.2) is 0 Å². The first-order valence-corrected chi connectivity index (χ1v) is 12.2. The van der Waals surface area contributed by atoms with E-state index in [1.54, 1.807) is 23.1 Å². The average molecular weight is 470 g/mol. The number of amides is 1. The molecule has 2 aromatic carbocycles. The number of piperazine rings is 1. The van der Waals surface area contributed by atoms with Gasteiger partial charge >= 0.3 is 0 Å². The smallest absolute Gasteiger partial charge is 0.243 e. The molecule has 1 amide bonds. The third kappa shape index (κ3) is 5.47. The predicted molar refractivity (Wildman–Crippen MR) is 123 cm³/mol. The molecule has 9 nitrogen and oxygen atoms in total. The normalized spacial score (nSPS) is 15.2. The topological polar surface area (TPSA) is 99.9 Å². The van der Waals surface area contributed by atoms with Crippen molar-refractivity contribution in [3.63, 3.8) is 0 Å². The summed E-state index contributed by atoms with van der Waals surface area (Å²) in [6, 6.07) is 16.1. The van der Waals surface area contributed by atoms with Crippen molar-refractivity contribution in [2.24, 2.45) is 0 Å². The summed E-state index contributed by atoms with van der Waals surface area (Å²) >= 11 is 0. The Balaban J connectivity index is 1.28. The summed E-state index contributed by atoms with van der Waals surface area (Å²) in [4.78, 5) is 21.2. The summed E-state index contributed by atoms with van der Waals surface area (Å²) in [7, 11) is -2.27. The van der Waals surface area contributed by atoms with Crippen LogP contribution in [0.1, 0.15) is 11.5 Å². The highest BCUT2D eigenvalue weighted by molar-refractivity contribution is 7.89. The van der Waals surface area contributed by atoms with E-state index < -0.39 is 10.0 Å². The van der Waals surface area contributed by atoms with Gasteiger partial charge in [0.05, 0.1) is 18.0 Å². The summed E-state index contributed by atoms with van der Waals surface area (Å²) in [6.07, 6.45) is 0. The molecule has 33 heavy (non-hydrogen) atoms. The highest BCUT2D eigenvalue weighted by Crippen LogP contribution is 2.18. The quantitative estimate of drug-likeness (QED) is 0.522.